The van der Waals surface area contributed by atoms with E-state index in [1.807, 2.05) is 30.5 Å². The van der Waals surface area contributed by atoms with Crippen LogP contribution in [-0.4, -0.2) is 32.2 Å². The summed E-state index contributed by atoms with van der Waals surface area (Å²) in [5.74, 6) is 0.0956. The molecule has 0 aliphatic carbocycles. The van der Waals surface area contributed by atoms with Crippen molar-refractivity contribution in [3.8, 4) is 0 Å². The quantitative estimate of drug-likeness (QED) is 0.528. The fourth-order valence-electron chi connectivity index (χ4n) is 3.03. The highest BCUT2D eigenvalue weighted by Gasteiger charge is 2.25. The minimum absolute atomic E-state index is 0.190. The second-order valence-corrected chi connectivity index (χ2v) is 6.44. The standard InChI is InChI=1S/C19H22N4O4/c1-11-8-15(12(2)23(11)10-14-6-5-7-26-14)18(24)13(3)27-19(25)16-9-17(20)21-22(16)4/h5-9,13H,10H2,1-4H3,(H2,20,21). The Morgan fingerprint density at radius 1 is 1.33 bits per heavy atom. The van der Waals surface area contributed by atoms with Gasteiger partial charge in [-0.3, -0.25) is 9.48 Å². The number of ether oxygens (including phenoxy) is 1. The predicted molar refractivity (Wildman–Crippen MR) is 98.5 cm³/mol. The number of furan rings is 1. The Bertz CT molecular complexity index is 982. The topological polar surface area (TPSA) is 105 Å². The first-order valence-corrected chi connectivity index (χ1v) is 8.51. The number of anilines is 1. The predicted octanol–water partition coefficient (Wildman–Crippen LogP) is 2.49. The van der Waals surface area contributed by atoms with Crippen LogP contribution in [0.4, 0.5) is 5.82 Å². The second-order valence-electron chi connectivity index (χ2n) is 6.44. The van der Waals surface area contributed by atoms with E-state index in [2.05, 4.69) is 5.10 Å². The molecule has 8 nitrogen and oxygen atoms in total. The molecule has 3 heterocycles. The molecule has 27 heavy (non-hydrogen) atoms. The Kier molecular flexibility index (Phi) is 4.89. The molecule has 0 saturated carbocycles. The van der Waals surface area contributed by atoms with Crippen LogP contribution >= 0.6 is 0 Å². The molecule has 3 rings (SSSR count). The Hall–Kier alpha value is -3.29. The fourth-order valence-corrected chi connectivity index (χ4v) is 3.03. The summed E-state index contributed by atoms with van der Waals surface area (Å²) in [6.07, 6.45) is 0.675. The normalized spacial score (nSPS) is 12.1. The smallest absolute Gasteiger partial charge is 0.357 e. The van der Waals surface area contributed by atoms with Crippen molar-refractivity contribution >= 4 is 17.6 Å². The van der Waals surface area contributed by atoms with Crippen LogP contribution in [0.5, 0.6) is 0 Å². The van der Waals surface area contributed by atoms with Crippen LogP contribution in [0, 0.1) is 13.8 Å². The summed E-state index contributed by atoms with van der Waals surface area (Å²) in [6, 6.07) is 6.91. The first-order chi connectivity index (χ1) is 12.8. The SMILES string of the molecule is Cc1cc(C(=O)C(C)OC(=O)c2cc(N)nn2C)c(C)n1Cc1ccco1. The number of hydrogen-bond donors (Lipinski definition) is 1. The Labute approximate surface area is 156 Å². The molecular weight excluding hydrogens is 348 g/mol. The van der Waals surface area contributed by atoms with Gasteiger partial charge in [-0.05, 0) is 39.0 Å². The second kappa shape index (κ2) is 7.14. The zero-order valence-electron chi connectivity index (χ0n) is 15.7. The van der Waals surface area contributed by atoms with Crippen molar-refractivity contribution in [1.29, 1.82) is 0 Å². The average molecular weight is 370 g/mol. The summed E-state index contributed by atoms with van der Waals surface area (Å²) >= 11 is 0. The number of rotatable bonds is 6. The molecule has 0 aliphatic rings. The molecule has 0 fully saturated rings. The van der Waals surface area contributed by atoms with Gasteiger partial charge >= 0.3 is 5.97 Å². The van der Waals surface area contributed by atoms with Crippen LogP contribution in [0.25, 0.3) is 0 Å². The lowest BCUT2D eigenvalue weighted by atomic mass is 10.1. The number of esters is 1. The molecule has 142 valence electrons. The molecule has 1 unspecified atom stereocenters. The highest BCUT2D eigenvalue weighted by molar-refractivity contribution is 6.02. The molecule has 3 aromatic heterocycles. The van der Waals surface area contributed by atoms with Gasteiger partial charge in [0.05, 0.1) is 12.8 Å². The lowest BCUT2D eigenvalue weighted by Crippen LogP contribution is -2.26. The van der Waals surface area contributed by atoms with Gasteiger partial charge in [-0.25, -0.2) is 4.79 Å². The number of ketones is 1. The molecule has 0 spiro atoms. The van der Waals surface area contributed by atoms with Crippen LogP contribution in [0.3, 0.4) is 0 Å². The largest absolute Gasteiger partial charge is 0.467 e. The number of hydrogen-bond acceptors (Lipinski definition) is 6. The average Bonchev–Trinajstić information content (AvgIpc) is 3.30. The molecule has 0 amide bonds. The Morgan fingerprint density at radius 2 is 2.07 bits per heavy atom. The minimum atomic E-state index is -0.939. The number of aryl methyl sites for hydroxylation is 2. The number of carbonyl (C=O) groups is 2. The third kappa shape index (κ3) is 3.64. The van der Waals surface area contributed by atoms with E-state index < -0.39 is 12.1 Å². The van der Waals surface area contributed by atoms with Gasteiger partial charge in [0.1, 0.15) is 17.3 Å². The third-order valence-electron chi connectivity index (χ3n) is 4.49. The van der Waals surface area contributed by atoms with Crippen LogP contribution in [0.1, 0.15) is 44.9 Å². The lowest BCUT2D eigenvalue weighted by molar-refractivity contribution is 0.0308. The third-order valence-corrected chi connectivity index (χ3v) is 4.49. The summed E-state index contributed by atoms with van der Waals surface area (Å²) in [4.78, 5) is 25.1. The van der Waals surface area contributed by atoms with Gasteiger partial charge in [-0.1, -0.05) is 0 Å². The highest BCUT2D eigenvalue weighted by Crippen LogP contribution is 2.20. The number of aromatic nitrogens is 3. The van der Waals surface area contributed by atoms with Crippen molar-refractivity contribution in [3.05, 3.63) is 58.9 Å². The van der Waals surface area contributed by atoms with Crippen molar-refractivity contribution in [2.45, 2.75) is 33.4 Å². The van der Waals surface area contributed by atoms with Crippen LogP contribution in [0.15, 0.2) is 34.9 Å². The Morgan fingerprint density at radius 3 is 2.67 bits per heavy atom. The number of nitrogens with zero attached hydrogens (tertiary/aromatic N) is 3. The van der Waals surface area contributed by atoms with Gasteiger partial charge in [-0.2, -0.15) is 5.10 Å². The van der Waals surface area contributed by atoms with E-state index in [-0.39, 0.29) is 17.3 Å². The fraction of sp³-hybridized carbons (Fsp3) is 0.316. The van der Waals surface area contributed by atoms with Gasteiger partial charge in [0, 0.05) is 30.1 Å². The Balaban J connectivity index is 1.77. The van der Waals surface area contributed by atoms with E-state index in [4.69, 9.17) is 14.9 Å². The van der Waals surface area contributed by atoms with Gasteiger partial charge in [0.15, 0.2) is 6.10 Å². The zero-order valence-corrected chi connectivity index (χ0v) is 15.7. The summed E-state index contributed by atoms with van der Waals surface area (Å²) < 4.78 is 14.0. The van der Waals surface area contributed by atoms with E-state index in [0.29, 0.717) is 12.1 Å². The molecule has 2 N–H and O–H groups in total. The molecule has 0 aliphatic heterocycles. The van der Waals surface area contributed by atoms with Crippen LogP contribution in [0.2, 0.25) is 0 Å². The van der Waals surface area contributed by atoms with Crippen molar-refractivity contribution in [2.24, 2.45) is 7.05 Å². The molecule has 1 atom stereocenters. The lowest BCUT2D eigenvalue weighted by Gasteiger charge is -2.13. The van der Waals surface area contributed by atoms with Crippen molar-refractivity contribution in [3.63, 3.8) is 0 Å². The monoisotopic (exact) mass is 370 g/mol. The van der Waals surface area contributed by atoms with Crippen molar-refractivity contribution in [1.82, 2.24) is 14.3 Å². The van der Waals surface area contributed by atoms with E-state index in [9.17, 15) is 9.59 Å². The molecule has 3 aromatic rings. The molecule has 0 bridgehead atoms. The van der Waals surface area contributed by atoms with E-state index in [1.165, 1.54) is 10.7 Å². The molecule has 0 radical (unpaired) electrons. The molecule has 0 aromatic carbocycles. The maximum Gasteiger partial charge on any atom is 0.357 e. The van der Waals surface area contributed by atoms with E-state index >= 15 is 0 Å². The highest BCUT2D eigenvalue weighted by atomic mass is 16.5. The summed E-state index contributed by atoms with van der Waals surface area (Å²) in [5, 5.41) is 3.90. The summed E-state index contributed by atoms with van der Waals surface area (Å²) in [5.41, 5.74) is 8.00. The zero-order chi connectivity index (χ0) is 19.7. The van der Waals surface area contributed by atoms with E-state index in [0.717, 1.165) is 17.1 Å². The van der Waals surface area contributed by atoms with Crippen molar-refractivity contribution < 1.29 is 18.7 Å². The maximum atomic E-state index is 12.8. The van der Waals surface area contributed by atoms with Crippen molar-refractivity contribution in [2.75, 3.05) is 5.73 Å². The molecule has 0 saturated heterocycles. The first kappa shape index (κ1) is 18.5. The maximum absolute atomic E-state index is 12.8. The van der Waals surface area contributed by atoms with Gasteiger partial charge in [0.25, 0.3) is 0 Å². The summed E-state index contributed by atoms with van der Waals surface area (Å²) in [7, 11) is 1.59. The van der Waals surface area contributed by atoms with Gasteiger partial charge in [0.2, 0.25) is 5.78 Å². The van der Waals surface area contributed by atoms with Crippen LogP contribution < -0.4 is 5.73 Å². The van der Waals surface area contributed by atoms with Gasteiger partial charge in [-0.15, -0.1) is 0 Å². The number of Topliss-reactive ketones (excluding diaryl/α,β-unsaturated/α-hetero) is 1. The molecule has 8 heteroatoms. The molecular formula is C19H22N4O4. The number of carbonyl (C=O) groups excluding carboxylic acids is 2. The first-order valence-electron chi connectivity index (χ1n) is 8.51. The summed E-state index contributed by atoms with van der Waals surface area (Å²) in [6.45, 7) is 5.86. The van der Waals surface area contributed by atoms with Gasteiger partial charge < -0.3 is 19.5 Å². The minimum Gasteiger partial charge on any atom is -0.467 e. The number of nitrogens with two attached hydrogens (primary N) is 1. The van der Waals surface area contributed by atoms with E-state index in [1.54, 1.807) is 26.3 Å². The number of nitrogen functional groups attached to an aromatic ring is 1. The van der Waals surface area contributed by atoms with Crippen LogP contribution in [-0.2, 0) is 18.3 Å².